The largest absolute Gasteiger partial charge is 1.00 e. The van der Waals surface area contributed by atoms with E-state index < -0.39 is 0 Å². The zero-order valence-electron chi connectivity index (χ0n) is 5.05. The van der Waals surface area contributed by atoms with E-state index in [0.717, 1.165) is 0 Å². The van der Waals surface area contributed by atoms with Crippen molar-refractivity contribution in [3.05, 3.63) is 0 Å². The second kappa shape index (κ2) is 51.1. The molecule has 0 bridgehead atoms. The van der Waals surface area contributed by atoms with Crippen LogP contribution < -0.4 is 48.4 Å². The molecular formula is C2H8LiNaO3. The summed E-state index contributed by atoms with van der Waals surface area (Å²) >= 11 is 0. The molecule has 0 aliphatic rings. The Bertz CT molecular complexity index is 12.9. The van der Waals surface area contributed by atoms with Gasteiger partial charge in [-0.3, -0.25) is 0 Å². The second-order valence-electron chi connectivity index (χ2n) is 0.316. The third-order valence-electron chi connectivity index (χ3n) is 0. The molecule has 36 valence electrons. The van der Waals surface area contributed by atoms with Crippen molar-refractivity contribution in [1.82, 2.24) is 0 Å². The van der Waals surface area contributed by atoms with Gasteiger partial charge in [-0.2, -0.15) is 0 Å². The first kappa shape index (κ1) is 39.2. The fourth-order valence-electron chi connectivity index (χ4n) is 0. The quantitative estimate of drug-likeness (QED) is 0.315. The molecule has 5 heteroatoms. The van der Waals surface area contributed by atoms with Crippen LogP contribution in [0.5, 0.6) is 0 Å². The minimum absolute atomic E-state index is 0. The van der Waals surface area contributed by atoms with Crippen molar-refractivity contribution in [2.75, 3.05) is 6.61 Å². The van der Waals surface area contributed by atoms with Crippen LogP contribution in [0.1, 0.15) is 6.92 Å². The summed E-state index contributed by atoms with van der Waals surface area (Å²) in [5.74, 6) is 0. The summed E-state index contributed by atoms with van der Waals surface area (Å²) < 4.78 is 0. The maximum atomic E-state index is 7.57. The summed E-state index contributed by atoms with van der Waals surface area (Å²) in [6.07, 6.45) is 0. The molecule has 0 rings (SSSR count). The van der Waals surface area contributed by atoms with E-state index in [1.54, 1.807) is 6.92 Å². The van der Waals surface area contributed by atoms with Crippen LogP contribution in [0.4, 0.5) is 0 Å². The zero-order valence-corrected chi connectivity index (χ0v) is 7.05. The molecule has 0 fully saturated rings. The van der Waals surface area contributed by atoms with E-state index in [4.69, 9.17) is 5.11 Å². The van der Waals surface area contributed by atoms with Gasteiger partial charge in [0.1, 0.15) is 0 Å². The van der Waals surface area contributed by atoms with Crippen molar-refractivity contribution in [2.24, 2.45) is 0 Å². The van der Waals surface area contributed by atoms with E-state index in [9.17, 15) is 0 Å². The van der Waals surface area contributed by atoms with Gasteiger partial charge < -0.3 is 16.1 Å². The minimum Gasteiger partial charge on any atom is -0.870 e. The zero-order chi connectivity index (χ0) is 2.71. The molecule has 0 heterocycles. The van der Waals surface area contributed by atoms with Gasteiger partial charge in [-0.05, 0) is 6.92 Å². The maximum Gasteiger partial charge on any atom is 1.00 e. The Balaban J connectivity index is -0.00000000333. The van der Waals surface area contributed by atoms with Crippen LogP contribution in [-0.2, 0) is 0 Å². The van der Waals surface area contributed by atoms with Crippen LogP contribution in [0.15, 0.2) is 0 Å². The van der Waals surface area contributed by atoms with Crippen LogP contribution in [0.25, 0.3) is 0 Å². The van der Waals surface area contributed by atoms with Gasteiger partial charge in [0.15, 0.2) is 0 Å². The Kier molecular flexibility index (Phi) is 286. The van der Waals surface area contributed by atoms with Crippen LogP contribution in [0, 0.1) is 0 Å². The first-order valence-electron chi connectivity index (χ1n) is 1.02. The van der Waals surface area contributed by atoms with Crippen molar-refractivity contribution in [3.63, 3.8) is 0 Å². The van der Waals surface area contributed by atoms with Gasteiger partial charge in [0.05, 0.1) is 0 Å². The van der Waals surface area contributed by atoms with Gasteiger partial charge in [-0.1, -0.05) is 0 Å². The van der Waals surface area contributed by atoms with E-state index >= 15 is 0 Å². The summed E-state index contributed by atoms with van der Waals surface area (Å²) in [4.78, 5) is 0. The topological polar surface area (TPSA) is 80.2 Å². The van der Waals surface area contributed by atoms with E-state index in [1.807, 2.05) is 0 Å². The molecule has 0 saturated heterocycles. The summed E-state index contributed by atoms with van der Waals surface area (Å²) in [5.41, 5.74) is 0. The molecule has 0 aromatic carbocycles. The van der Waals surface area contributed by atoms with Crippen LogP contribution in [0.2, 0.25) is 0 Å². The molecule has 3 nitrogen and oxygen atoms in total. The standard InChI is InChI=1S/C2H6O.Li.Na.2H2O/c1-2-3;;;;/h3H,2H2,1H3;;;2*1H2/q;2*+1;;/p-2. The third-order valence-corrected chi connectivity index (χ3v) is 0. The Morgan fingerprint density at radius 1 is 1.29 bits per heavy atom. The van der Waals surface area contributed by atoms with E-state index in [1.165, 1.54) is 0 Å². The number of aliphatic hydroxyl groups excluding tert-OH is 1. The SMILES string of the molecule is CCO.[Li+].[Na+].[OH-].[OH-]. The molecule has 0 aliphatic carbocycles. The van der Waals surface area contributed by atoms with Gasteiger partial charge in [0.25, 0.3) is 0 Å². The fraction of sp³-hybridized carbons (Fsp3) is 1.00. The monoisotopic (exact) mass is 110 g/mol. The number of hydrogen-bond donors (Lipinski definition) is 1. The maximum absolute atomic E-state index is 7.57. The number of rotatable bonds is 0. The van der Waals surface area contributed by atoms with Crippen LogP contribution in [0.3, 0.4) is 0 Å². The molecule has 7 heavy (non-hydrogen) atoms. The Hall–Kier alpha value is 1.48. The van der Waals surface area contributed by atoms with E-state index in [-0.39, 0.29) is 66.0 Å². The average Bonchev–Trinajstić information content (AvgIpc) is 0.918. The predicted molar refractivity (Wildman–Crippen MR) is 16.6 cm³/mol. The number of hydrogen-bond acceptors (Lipinski definition) is 3. The first-order valence-corrected chi connectivity index (χ1v) is 1.02. The predicted octanol–water partition coefficient (Wildman–Crippen LogP) is -6.35. The molecule has 0 aromatic rings. The third kappa shape index (κ3) is 103. The van der Waals surface area contributed by atoms with Gasteiger partial charge in [0, 0.05) is 6.61 Å². The van der Waals surface area contributed by atoms with Crippen molar-refractivity contribution in [2.45, 2.75) is 6.92 Å². The molecular weight excluding hydrogens is 102 g/mol. The fourth-order valence-corrected chi connectivity index (χ4v) is 0. The molecule has 0 spiro atoms. The molecule has 0 unspecified atom stereocenters. The first-order chi connectivity index (χ1) is 1.41. The van der Waals surface area contributed by atoms with Gasteiger partial charge in [-0.25, -0.2) is 0 Å². The number of aliphatic hydroxyl groups is 1. The second-order valence-corrected chi connectivity index (χ2v) is 0.316. The minimum atomic E-state index is 0. The smallest absolute Gasteiger partial charge is 0.870 e. The molecule has 0 amide bonds. The molecule has 0 aromatic heterocycles. The van der Waals surface area contributed by atoms with Gasteiger partial charge >= 0.3 is 48.4 Å². The summed E-state index contributed by atoms with van der Waals surface area (Å²) in [6, 6.07) is 0. The molecule has 3 N–H and O–H groups in total. The molecule has 0 radical (unpaired) electrons. The van der Waals surface area contributed by atoms with E-state index in [2.05, 4.69) is 0 Å². The summed E-state index contributed by atoms with van der Waals surface area (Å²) in [7, 11) is 0. The van der Waals surface area contributed by atoms with Crippen molar-refractivity contribution in [1.29, 1.82) is 0 Å². The van der Waals surface area contributed by atoms with Crippen molar-refractivity contribution >= 4 is 0 Å². The summed E-state index contributed by atoms with van der Waals surface area (Å²) in [6.45, 7) is 1.93. The van der Waals surface area contributed by atoms with Crippen molar-refractivity contribution in [3.8, 4) is 0 Å². The Morgan fingerprint density at radius 3 is 1.29 bits per heavy atom. The van der Waals surface area contributed by atoms with E-state index in [0.29, 0.717) is 0 Å². The summed E-state index contributed by atoms with van der Waals surface area (Å²) in [5, 5.41) is 7.57. The normalized spacial score (nSPS) is 2.57. The Labute approximate surface area is 77.6 Å². The average molecular weight is 110 g/mol. The van der Waals surface area contributed by atoms with Gasteiger partial charge in [-0.15, -0.1) is 0 Å². The van der Waals surface area contributed by atoms with Crippen molar-refractivity contribution < 1.29 is 64.5 Å². The molecule has 0 aliphatic heterocycles. The van der Waals surface area contributed by atoms with Crippen LogP contribution in [-0.4, -0.2) is 22.7 Å². The molecule has 0 saturated carbocycles. The van der Waals surface area contributed by atoms with Gasteiger partial charge in [0.2, 0.25) is 0 Å². The van der Waals surface area contributed by atoms with Crippen LogP contribution >= 0.6 is 0 Å². The molecule has 0 atom stereocenters. The Morgan fingerprint density at radius 2 is 1.29 bits per heavy atom.